The van der Waals surface area contributed by atoms with Gasteiger partial charge in [0.1, 0.15) is 5.82 Å². The van der Waals surface area contributed by atoms with Crippen molar-refractivity contribution in [1.82, 2.24) is 0 Å². The summed E-state index contributed by atoms with van der Waals surface area (Å²) in [5.74, 6) is 0.0571. The highest BCUT2D eigenvalue weighted by molar-refractivity contribution is 6.30. The molecule has 0 radical (unpaired) electrons. The maximum absolute atomic E-state index is 13.8. The molecule has 0 fully saturated rings. The number of rotatable bonds is 2. The number of hydrogen-bond acceptors (Lipinski definition) is 0. The first-order valence-electron chi connectivity index (χ1n) is 5.63. The van der Waals surface area contributed by atoms with Gasteiger partial charge in [0.05, 0.1) is 0 Å². The van der Waals surface area contributed by atoms with Crippen LogP contribution in [0.1, 0.15) is 25.3 Å². The average molecular weight is 249 g/mol. The molecule has 88 valence electrons. The number of benzene rings is 2. The molecule has 17 heavy (non-hydrogen) atoms. The lowest BCUT2D eigenvalue weighted by molar-refractivity contribution is 0.599. The second-order valence-corrected chi connectivity index (χ2v) is 4.83. The van der Waals surface area contributed by atoms with E-state index >= 15 is 0 Å². The van der Waals surface area contributed by atoms with Crippen molar-refractivity contribution in [2.45, 2.75) is 19.8 Å². The summed E-state index contributed by atoms with van der Waals surface area (Å²) in [6.45, 7) is 3.97. The van der Waals surface area contributed by atoms with Crippen molar-refractivity contribution in [3.05, 3.63) is 58.9 Å². The molecule has 0 saturated carbocycles. The fourth-order valence-electron chi connectivity index (χ4n) is 1.82. The minimum atomic E-state index is -0.146. The highest BCUT2D eigenvalue weighted by Gasteiger charge is 2.08. The van der Waals surface area contributed by atoms with Gasteiger partial charge in [-0.2, -0.15) is 0 Å². The predicted molar refractivity (Wildman–Crippen MR) is 70.9 cm³/mol. The Balaban J connectivity index is 2.41. The Labute approximate surface area is 106 Å². The molecule has 0 aliphatic heterocycles. The largest absolute Gasteiger partial charge is 0.207 e. The smallest absolute Gasteiger partial charge is 0.127 e. The monoisotopic (exact) mass is 248 g/mol. The van der Waals surface area contributed by atoms with Crippen molar-refractivity contribution in [1.29, 1.82) is 0 Å². The Kier molecular flexibility index (Phi) is 3.49. The van der Waals surface area contributed by atoms with Gasteiger partial charge in [-0.15, -0.1) is 0 Å². The van der Waals surface area contributed by atoms with Crippen LogP contribution < -0.4 is 0 Å². The Morgan fingerprint density at radius 3 is 2.06 bits per heavy atom. The fourth-order valence-corrected chi connectivity index (χ4v) is 1.94. The zero-order valence-corrected chi connectivity index (χ0v) is 10.6. The van der Waals surface area contributed by atoms with Crippen LogP contribution in [0.2, 0.25) is 5.02 Å². The van der Waals surface area contributed by atoms with E-state index in [2.05, 4.69) is 0 Å². The molecule has 0 aliphatic rings. The second-order valence-electron chi connectivity index (χ2n) is 4.40. The van der Waals surface area contributed by atoms with Crippen LogP contribution in [0.4, 0.5) is 4.39 Å². The first-order valence-corrected chi connectivity index (χ1v) is 6.01. The molecule has 0 atom stereocenters. The number of hydrogen-bond donors (Lipinski definition) is 0. The van der Waals surface area contributed by atoms with Crippen molar-refractivity contribution < 1.29 is 4.39 Å². The molecule has 0 heterocycles. The van der Waals surface area contributed by atoms with Gasteiger partial charge < -0.3 is 0 Å². The van der Waals surface area contributed by atoms with Gasteiger partial charge in [-0.05, 0) is 40.8 Å². The van der Waals surface area contributed by atoms with E-state index in [1.165, 1.54) is 0 Å². The standard InChI is InChI=1S/C15H14ClF/c1-10(2)14-8-5-12(9-15(14)17)11-3-6-13(16)7-4-11/h3-10H,1-2H3. The summed E-state index contributed by atoms with van der Waals surface area (Å²) in [5, 5.41) is 0.688. The molecule has 0 saturated heterocycles. The third kappa shape index (κ3) is 2.67. The summed E-state index contributed by atoms with van der Waals surface area (Å²) in [5.41, 5.74) is 2.61. The summed E-state index contributed by atoms with van der Waals surface area (Å²) in [6, 6.07) is 12.8. The normalized spacial score (nSPS) is 10.9. The van der Waals surface area contributed by atoms with E-state index in [0.717, 1.165) is 16.7 Å². The van der Waals surface area contributed by atoms with Gasteiger partial charge in [0.2, 0.25) is 0 Å². The molecule has 0 spiro atoms. The number of halogens is 2. The SMILES string of the molecule is CC(C)c1ccc(-c2ccc(Cl)cc2)cc1F. The van der Waals surface area contributed by atoms with E-state index in [0.29, 0.717) is 5.02 Å². The molecule has 0 bridgehead atoms. The van der Waals surface area contributed by atoms with Gasteiger partial charge in [0.15, 0.2) is 0 Å². The van der Waals surface area contributed by atoms with E-state index in [9.17, 15) is 4.39 Å². The summed E-state index contributed by atoms with van der Waals surface area (Å²) in [4.78, 5) is 0. The topological polar surface area (TPSA) is 0 Å². The third-order valence-corrected chi connectivity index (χ3v) is 3.05. The van der Waals surface area contributed by atoms with Crippen LogP contribution in [-0.4, -0.2) is 0 Å². The second kappa shape index (κ2) is 4.89. The fraction of sp³-hybridized carbons (Fsp3) is 0.200. The highest BCUT2D eigenvalue weighted by Crippen LogP contribution is 2.26. The molecule has 0 aliphatic carbocycles. The Morgan fingerprint density at radius 2 is 1.53 bits per heavy atom. The van der Waals surface area contributed by atoms with Gasteiger partial charge >= 0.3 is 0 Å². The van der Waals surface area contributed by atoms with Gasteiger partial charge in [0.25, 0.3) is 0 Å². The van der Waals surface area contributed by atoms with E-state index in [4.69, 9.17) is 11.6 Å². The molecular weight excluding hydrogens is 235 g/mol. The van der Waals surface area contributed by atoms with Crippen LogP contribution in [0.3, 0.4) is 0 Å². The molecule has 0 aromatic heterocycles. The van der Waals surface area contributed by atoms with Crippen molar-refractivity contribution in [2.24, 2.45) is 0 Å². The summed E-state index contributed by atoms with van der Waals surface area (Å²) in [7, 11) is 0. The molecule has 0 nitrogen and oxygen atoms in total. The van der Waals surface area contributed by atoms with Crippen molar-refractivity contribution in [2.75, 3.05) is 0 Å². The highest BCUT2D eigenvalue weighted by atomic mass is 35.5. The Bertz CT molecular complexity index is 515. The minimum Gasteiger partial charge on any atom is -0.207 e. The molecule has 2 aromatic carbocycles. The van der Waals surface area contributed by atoms with Gasteiger partial charge in [-0.25, -0.2) is 4.39 Å². The lowest BCUT2D eigenvalue weighted by Crippen LogP contribution is -1.93. The van der Waals surface area contributed by atoms with Crippen LogP contribution in [0.25, 0.3) is 11.1 Å². The zero-order chi connectivity index (χ0) is 12.4. The average Bonchev–Trinajstić information content (AvgIpc) is 2.29. The first kappa shape index (κ1) is 12.1. The van der Waals surface area contributed by atoms with Crippen LogP contribution >= 0.6 is 11.6 Å². The van der Waals surface area contributed by atoms with Gasteiger partial charge in [-0.1, -0.05) is 49.7 Å². The lowest BCUT2D eigenvalue weighted by atomic mass is 9.98. The molecule has 0 N–H and O–H groups in total. The van der Waals surface area contributed by atoms with Crippen LogP contribution in [0, 0.1) is 5.82 Å². The summed E-state index contributed by atoms with van der Waals surface area (Å²) in [6.07, 6.45) is 0. The molecule has 2 aromatic rings. The molecule has 0 unspecified atom stereocenters. The lowest BCUT2D eigenvalue weighted by Gasteiger charge is -2.09. The zero-order valence-electron chi connectivity index (χ0n) is 9.87. The van der Waals surface area contributed by atoms with E-state index < -0.39 is 0 Å². The summed E-state index contributed by atoms with van der Waals surface area (Å²) >= 11 is 5.82. The molecular formula is C15H14ClF. The van der Waals surface area contributed by atoms with Gasteiger partial charge in [0, 0.05) is 5.02 Å². The quantitative estimate of drug-likeness (QED) is 0.679. The van der Waals surface area contributed by atoms with Crippen molar-refractivity contribution in [3.63, 3.8) is 0 Å². The van der Waals surface area contributed by atoms with Crippen LogP contribution in [0.15, 0.2) is 42.5 Å². The Morgan fingerprint density at radius 1 is 0.941 bits per heavy atom. The van der Waals surface area contributed by atoms with E-state index in [-0.39, 0.29) is 11.7 Å². The maximum Gasteiger partial charge on any atom is 0.127 e. The van der Waals surface area contributed by atoms with E-state index in [1.807, 2.05) is 50.2 Å². The molecule has 2 heteroatoms. The first-order chi connectivity index (χ1) is 8.08. The van der Waals surface area contributed by atoms with E-state index in [1.54, 1.807) is 6.07 Å². The van der Waals surface area contributed by atoms with Gasteiger partial charge in [-0.3, -0.25) is 0 Å². The van der Waals surface area contributed by atoms with Crippen molar-refractivity contribution >= 4 is 11.6 Å². The molecule has 2 rings (SSSR count). The van der Waals surface area contributed by atoms with Crippen LogP contribution in [0.5, 0.6) is 0 Å². The van der Waals surface area contributed by atoms with Crippen molar-refractivity contribution in [3.8, 4) is 11.1 Å². The third-order valence-electron chi connectivity index (χ3n) is 2.80. The predicted octanol–water partition coefficient (Wildman–Crippen LogP) is 5.27. The van der Waals surface area contributed by atoms with Crippen LogP contribution in [-0.2, 0) is 0 Å². The Hall–Kier alpha value is -1.34. The summed E-state index contributed by atoms with van der Waals surface area (Å²) < 4.78 is 13.8. The minimum absolute atomic E-state index is 0.146. The molecule has 0 amide bonds. The maximum atomic E-state index is 13.8.